The first kappa shape index (κ1) is 23.4. The Bertz CT molecular complexity index is 775. The molecular formula is C26H38N2O3. The summed E-state index contributed by atoms with van der Waals surface area (Å²) in [6.45, 7) is 11.9. The van der Waals surface area contributed by atoms with E-state index in [1.54, 1.807) is 0 Å². The molecule has 2 amide bonds. The zero-order valence-corrected chi connectivity index (χ0v) is 19.4. The summed E-state index contributed by atoms with van der Waals surface area (Å²) in [5.41, 5.74) is 0.641. The first-order chi connectivity index (χ1) is 14.9. The van der Waals surface area contributed by atoms with Gasteiger partial charge in [0.1, 0.15) is 11.9 Å². The van der Waals surface area contributed by atoms with Crippen LogP contribution in [0.1, 0.15) is 76.1 Å². The van der Waals surface area contributed by atoms with Gasteiger partial charge in [-0.1, -0.05) is 26.0 Å². The number of rotatable bonds is 10. The maximum atomic E-state index is 12.9. The van der Waals surface area contributed by atoms with E-state index < -0.39 is 0 Å². The van der Waals surface area contributed by atoms with Crippen molar-refractivity contribution in [2.75, 3.05) is 13.1 Å². The van der Waals surface area contributed by atoms with Crippen LogP contribution in [-0.2, 0) is 4.79 Å². The van der Waals surface area contributed by atoms with E-state index in [4.69, 9.17) is 4.74 Å². The minimum absolute atomic E-state index is 0.0252. The number of nitrogens with zero attached hydrogens (tertiary/aromatic N) is 1. The van der Waals surface area contributed by atoms with Gasteiger partial charge in [-0.15, -0.1) is 6.58 Å². The number of likely N-dealkylation sites (tertiary alicyclic amines) is 1. The second-order valence-corrected chi connectivity index (χ2v) is 9.20. The number of amides is 2. The van der Waals surface area contributed by atoms with Gasteiger partial charge in [0, 0.05) is 43.5 Å². The Morgan fingerprint density at radius 2 is 1.90 bits per heavy atom. The predicted octanol–water partition coefficient (Wildman–Crippen LogP) is 4.97. The van der Waals surface area contributed by atoms with E-state index in [9.17, 15) is 9.59 Å². The molecule has 1 atom stereocenters. The molecule has 1 aromatic carbocycles. The number of allylic oxidation sites excluding steroid dienone is 1. The number of nitrogens with one attached hydrogen (secondary N) is 1. The van der Waals surface area contributed by atoms with Gasteiger partial charge in [-0.2, -0.15) is 0 Å². The molecule has 0 aromatic heterocycles. The van der Waals surface area contributed by atoms with Crippen LogP contribution in [0.25, 0.3) is 0 Å². The Balaban J connectivity index is 1.56. The molecule has 1 heterocycles. The van der Waals surface area contributed by atoms with Crippen LogP contribution in [0.5, 0.6) is 5.75 Å². The van der Waals surface area contributed by atoms with E-state index in [0.717, 1.165) is 63.8 Å². The Morgan fingerprint density at radius 3 is 2.48 bits per heavy atom. The lowest BCUT2D eigenvalue weighted by Crippen LogP contribution is -2.45. The average molecular weight is 427 g/mol. The number of benzene rings is 1. The highest BCUT2D eigenvalue weighted by Gasteiger charge is 2.35. The highest BCUT2D eigenvalue weighted by atomic mass is 16.5. The quantitative estimate of drug-likeness (QED) is 0.538. The molecule has 1 saturated carbocycles. The number of ether oxygens (including phenoxy) is 1. The first-order valence-corrected chi connectivity index (χ1v) is 11.9. The summed E-state index contributed by atoms with van der Waals surface area (Å²) in [7, 11) is 0. The van der Waals surface area contributed by atoms with Crippen molar-refractivity contribution in [1.29, 1.82) is 0 Å². The van der Waals surface area contributed by atoms with Gasteiger partial charge in [0.25, 0.3) is 5.91 Å². The highest BCUT2D eigenvalue weighted by molar-refractivity contribution is 5.94. The van der Waals surface area contributed by atoms with E-state index in [1.807, 2.05) is 35.2 Å². The lowest BCUT2D eigenvalue weighted by atomic mass is 9.73. The maximum Gasteiger partial charge on any atom is 0.251 e. The highest BCUT2D eigenvalue weighted by Crippen LogP contribution is 2.35. The predicted molar refractivity (Wildman–Crippen MR) is 124 cm³/mol. The molecule has 5 nitrogen and oxygen atoms in total. The van der Waals surface area contributed by atoms with Crippen molar-refractivity contribution in [1.82, 2.24) is 10.2 Å². The molecule has 5 heteroatoms. The third-order valence-corrected chi connectivity index (χ3v) is 7.30. The van der Waals surface area contributed by atoms with Crippen molar-refractivity contribution < 1.29 is 14.3 Å². The minimum atomic E-state index is -0.0712. The van der Waals surface area contributed by atoms with Gasteiger partial charge in [0.05, 0.1) is 0 Å². The van der Waals surface area contributed by atoms with E-state index in [-0.39, 0.29) is 29.4 Å². The normalized spacial score (nSPS) is 18.4. The van der Waals surface area contributed by atoms with Gasteiger partial charge in [-0.3, -0.25) is 9.59 Å². The summed E-state index contributed by atoms with van der Waals surface area (Å²) in [6, 6.07) is 7.49. The van der Waals surface area contributed by atoms with E-state index in [1.165, 1.54) is 0 Å². The fourth-order valence-electron chi connectivity index (χ4n) is 4.73. The summed E-state index contributed by atoms with van der Waals surface area (Å²) in [6.07, 6.45) is 8.67. The second kappa shape index (κ2) is 10.3. The summed E-state index contributed by atoms with van der Waals surface area (Å²) >= 11 is 0. The van der Waals surface area contributed by atoms with E-state index in [2.05, 4.69) is 32.7 Å². The molecule has 31 heavy (non-hydrogen) atoms. The van der Waals surface area contributed by atoms with Crippen molar-refractivity contribution in [3.63, 3.8) is 0 Å². The van der Waals surface area contributed by atoms with Crippen LogP contribution in [0.3, 0.4) is 0 Å². The summed E-state index contributed by atoms with van der Waals surface area (Å²) < 4.78 is 6.17. The maximum absolute atomic E-state index is 12.9. The second-order valence-electron chi connectivity index (χ2n) is 9.20. The van der Waals surface area contributed by atoms with Crippen molar-refractivity contribution in [3.8, 4) is 5.75 Å². The van der Waals surface area contributed by atoms with Crippen molar-refractivity contribution in [3.05, 3.63) is 42.5 Å². The number of hydrogen-bond acceptors (Lipinski definition) is 3. The zero-order chi connectivity index (χ0) is 22.4. The molecule has 3 rings (SSSR count). The lowest BCUT2D eigenvalue weighted by molar-refractivity contribution is -0.134. The molecule has 2 aliphatic rings. The molecule has 1 aromatic rings. The van der Waals surface area contributed by atoms with Crippen LogP contribution in [-0.4, -0.2) is 41.9 Å². The Hall–Kier alpha value is -2.30. The van der Waals surface area contributed by atoms with Crippen molar-refractivity contribution in [2.24, 2.45) is 11.3 Å². The van der Waals surface area contributed by atoms with Crippen LogP contribution in [0.4, 0.5) is 0 Å². The van der Waals surface area contributed by atoms with Crippen LogP contribution in [0.2, 0.25) is 0 Å². The fraction of sp³-hybridized carbons (Fsp3) is 0.615. The fourth-order valence-corrected chi connectivity index (χ4v) is 4.73. The van der Waals surface area contributed by atoms with Gasteiger partial charge in [0.15, 0.2) is 0 Å². The smallest absolute Gasteiger partial charge is 0.251 e. The number of hydrogen-bond donors (Lipinski definition) is 1. The molecule has 1 unspecified atom stereocenters. The van der Waals surface area contributed by atoms with Crippen LogP contribution >= 0.6 is 0 Å². The van der Waals surface area contributed by atoms with Gasteiger partial charge in [0.2, 0.25) is 5.91 Å². The molecule has 1 N–H and O–H groups in total. The minimum Gasteiger partial charge on any atom is -0.490 e. The molecular weight excluding hydrogens is 388 g/mol. The van der Waals surface area contributed by atoms with Crippen LogP contribution < -0.4 is 10.1 Å². The molecule has 1 saturated heterocycles. The average Bonchev–Trinajstić information content (AvgIpc) is 3.63. The summed E-state index contributed by atoms with van der Waals surface area (Å²) in [5.74, 6) is 1.24. The van der Waals surface area contributed by atoms with Gasteiger partial charge >= 0.3 is 0 Å². The van der Waals surface area contributed by atoms with Gasteiger partial charge in [-0.05, 0) is 62.6 Å². The largest absolute Gasteiger partial charge is 0.490 e. The van der Waals surface area contributed by atoms with Gasteiger partial charge in [-0.25, -0.2) is 0 Å². The van der Waals surface area contributed by atoms with E-state index >= 15 is 0 Å². The molecule has 1 aliphatic carbocycles. The lowest BCUT2D eigenvalue weighted by Gasteiger charge is -2.37. The van der Waals surface area contributed by atoms with Crippen molar-refractivity contribution in [2.45, 2.75) is 77.9 Å². The topological polar surface area (TPSA) is 58.6 Å². The summed E-state index contributed by atoms with van der Waals surface area (Å²) in [5, 5.41) is 3.20. The first-order valence-electron chi connectivity index (χ1n) is 11.9. The Morgan fingerprint density at radius 1 is 1.23 bits per heavy atom. The molecule has 170 valence electrons. The molecule has 2 fully saturated rings. The van der Waals surface area contributed by atoms with Crippen LogP contribution in [0.15, 0.2) is 36.9 Å². The zero-order valence-electron chi connectivity index (χ0n) is 19.4. The van der Waals surface area contributed by atoms with Gasteiger partial charge < -0.3 is 15.0 Å². The number of carbonyl (C=O) groups excluding carboxylic acids is 2. The molecule has 0 spiro atoms. The standard InChI is InChI=1S/C26H38N2O3/c1-5-15-26(6-2,7-3)19(4)27-24(29)21-9-8-10-23(18-21)31-22-13-16-28(17-14-22)25(30)20-11-12-20/h5,8-10,18-20,22H,1,6-7,11-17H2,2-4H3,(H,27,29). The summed E-state index contributed by atoms with van der Waals surface area (Å²) in [4.78, 5) is 27.1. The third kappa shape index (κ3) is 5.69. The van der Waals surface area contributed by atoms with E-state index in [0.29, 0.717) is 11.5 Å². The molecule has 0 radical (unpaired) electrons. The Labute approximate surface area is 187 Å². The Kier molecular flexibility index (Phi) is 7.79. The number of carbonyl (C=O) groups is 2. The third-order valence-electron chi connectivity index (χ3n) is 7.30. The molecule has 0 bridgehead atoms. The molecule has 1 aliphatic heterocycles. The monoisotopic (exact) mass is 426 g/mol. The number of piperidine rings is 1. The van der Waals surface area contributed by atoms with Crippen LogP contribution in [0, 0.1) is 11.3 Å². The SMILES string of the molecule is C=CCC(CC)(CC)C(C)NC(=O)c1cccc(OC2CCN(C(=O)C3CC3)CC2)c1. The van der Waals surface area contributed by atoms with Crippen molar-refractivity contribution >= 4 is 11.8 Å².